The zero-order chi connectivity index (χ0) is 62.9. The van der Waals surface area contributed by atoms with Crippen LogP contribution < -0.4 is 0 Å². The molecule has 6 N–H and O–H groups in total. The first-order chi connectivity index (χ1) is 39.4. The third kappa shape index (κ3) is 14.5. The van der Waals surface area contributed by atoms with E-state index in [-0.39, 0.29) is 44.1 Å². The van der Waals surface area contributed by atoms with Gasteiger partial charge < -0.3 is 4.98 Å². The van der Waals surface area contributed by atoms with Gasteiger partial charge in [0.25, 0.3) is 0 Å². The zero-order valence-electron chi connectivity index (χ0n) is 54.6. The lowest BCUT2D eigenvalue weighted by atomic mass is 9.82. The summed E-state index contributed by atoms with van der Waals surface area (Å²) in [6.45, 7) is 49.2. The lowest BCUT2D eigenvalue weighted by molar-refractivity contribution is 0.527. The van der Waals surface area contributed by atoms with Crippen LogP contribution in [0.15, 0.2) is 97.7 Å². The van der Waals surface area contributed by atoms with Crippen molar-refractivity contribution in [1.29, 1.82) is 0 Å². The Hall–Kier alpha value is -8.07. The molecule has 85 heavy (non-hydrogen) atoms. The second-order valence-electron chi connectivity index (χ2n) is 28.6. The van der Waals surface area contributed by atoms with Gasteiger partial charge in [-0.1, -0.05) is 155 Å². The number of rotatable bonds is 0. The molecule has 0 aliphatic rings. The molecule has 6 aromatic heterocycles. The number of hydrogen-bond acceptors (Lipinski definition) is 7. The molecule has 0 unspecified atom stereocenters. The number of nitrogens with one attached hydrogen (secondary N) is 6. The first-order valence-corrected chi connectivity index (χ1v) is 29.3. The van der Waals surface area contributed by atoms with Gasteiger partial charge in [-0.3, -0.25) is 20.4 Å². The lowest BCUT2D eigenvalue weighted by Crippen LogP contribution is -2.14. The smallest absolute Gasteiger partial charge is 0.129 e. The summed E-state index contributed by atoms with van der Waals surface area (Å²) in [7, 11) is 0. The van der Waals surface area contributed by atoms with E-state index in [2.05, 4.69) is 219 Å². The average molecular weight is 1150 g/mol. The summed E-state index contributed by atoms with van der Waals surface area (Å²) in [4.78, 5) is 7.54. The predicted octanol–water partition coefficient (Wildman–Crippen LogP) is 18.4. The Balaban J connectivity index is 0.000000146. The largest absolute Gasteiger partial charge is 0.345 e. The van der Waals surface area contributed by atoms with Crippen molar-refractivity contribution < 1.29 is 8.78 Å². The Bertz CT molecular complexity index is 3710. The van der Waals surface area contributed by atoms with Crippen LogP contribution in [0.3, 0.4) is 0 Å². The summed E-state index contributed by atoms with van der Waals surface area (Å²) in [6, 6.07) is 23.3. The Morgan fingerprint density at radius 2 is 0.800 bits per heavy atom. The fourth-order valence-corrected chi connectivity index (χ4v) is 11.9. The van der Waals surface area contributed by atoms with Gasteiger partial charge >= 0.3 is 0 Å². The summed E-state index contributed by atoms with van der Waals surface area (Å²) >= 11 is 0. The molecular formula is C70H91F2N13. The molecular weight excluding hydrogens is 1060 g/mol. The normalized spacial score (nSPS) is 12.3. The standard InChI is InChI=1S/C12H15FN2.3C12H16N2.C11H13FN2.C11H15N3/c1-7-10-9(15-14-7)6-5-8(13)11(10)12(2,3)4;1-8-5-6-10-9(7-13-14-10)11(8)12(2,3)4;1-8-5-6-9-11(14-7-13-9)10(8)12(2,3)4;1-8-5-6-9-7-13-14-11(9)10(8)12(2,3)4;1-11(2,3)9-8(12)5-4-7-6-13-14-10(7)9;1-7-5-6-8-10(13-14-12-8)9(7)11(2,3)4/h5-6H,1-4H3,(H,14,15);3*5-7H,1-4H3,(H,13,14);4-6H,1-3H3,(H,13,14);5-6H,1-4H3,(H,12,13,14). The van der Waals surface area contributed by atoms with Gasteiger partial charge in [0.15, 0.2) is 0 Å². The number of halogens is 2. The van der Waals surface area contributed by atoms with Crippen molar-refractivity contribution >= 4 is 65.7 Å². The molecule has 12 rings (SSSR count). The number of aromatic nitrogens is 13. The van der Waals surface area contributed by atoms with E-state index in [0.717, 1.165) is 60.6 Å². The van der Waals surface area contributed by atoms with Gasteiger partial charge in [-0.05, 0) is 154 Å². The van der Waals surface area contributed by atoms with E-state index < -0.39 is 0 Å². The summed E-state index contributed by atoms with van der Waals surface area (Å²) < 4.78 is 27.5. The quantitative estimate of drug-likeness (QED) is 0.0872. The third-order valence-electron chi connectivity index (χ3n) is 15.1. The van der Waals surface area contributed by atoms with Crippen LogP contribution in [-0.2, 0) is 32.5 Å². The average Bonchev–Trinajstić information content (AvgIpc) is 3.21. The van der Waals surface area contributed by atoms with Crippen LogP contribution in [0.25, 0.3) is 65.7 Å². The van der Waals surface area contributed by atoms with Crippen molar-refractivity contribution in [2.24, 2.45) is 0 Å². The second-order valence-corrected chi connectivity index (χ2v) is 28.6. The Kier molecular flexibility index (Phi) is 18.6. The Labute approximate surface area is 500 Å². The number of fused-ring (bicyclic) bond motifs is 6. The molecule has 12 aromatic rings. The van der Waals surface area contributed by atoms with Crippen LogP contribution in [0, 0.1) is 46.3 Å². The van der Waals surface area contributed by atoms with Gasteiger partial charge in [-0.25, -0.2) is 13.8 Å². The fourth-order valence-electron chi connectivity index (χ4n) is 11.9. The summed E-state index contributed by atoms with van der Waals surface area (Å²) in [5.41, 5.74) is 21.3. The monoisotopic (exact) mass is 1150 g/mol. The number of nitrogens with zero attached hydrogens (tertiary/aromatic N) is 7. The van der Waals surface area contributed by atoms with E-state index in [1.807, 2.05) is 66.9 Å². The van der Waals surface area contributed by atoms with Gasteiger partial charge in [-0.2, -0.15) is 35.8 Å². The van der Waals surface area contributed by atoms with Crippen molar-refractivity contribution in [3.05, 3.63) is 171 Å². The van der Waals surface area contributed by atoms with Crippen LogP contribution in [-0.4, -0.2) is 66.2 Å². The molecule has 6 heterocycles. The molecule has 0 radical (unpaired) electrons. The number of H-pyrrole nitrogens is 6. The third-order valence-corrected chi connectivity index (χ3v) is 15.1. The van der Waals surface area contributed by atoms with E-state index >= 15 is 0 Å². The second kappa shape index (κ2) is 24.5. The maximum Gasteiger partial charge on any atom is 0.129 e. The van der Waals surface area contributed by atoms with Gasteiger partial charge in [0.1, 0.15) is 22.7 Å². The van der Waals surface area contributed by atoms with Crippen LogP contribution in [0.2, 0.25) is 0 Å². The van der Waals surface area contributed by atoms with E-state index in [1.165, 1.54) is 72.9 Å². The number of imidazole rings is 1. The maximum absolute atomic E-state index is 13.8. The fraction of sp³-hybridized carbons (Fsp3) is 0.414. The minimum absolute atomic E-state index is 0.112. The number of hydrogen-bond donors (Lipinski definition) is 6. The highest BCUT2D eigenvalue weighted by Crippen LogP contribution is 2.37. The molecule has 450 valence electrons. The molecule has 0 saturated heterocycles. The van der Waals surface area contributed by atoms with Crippen molar-refractivity contribution in [1.82, 2.24) is 66.2 Å². The van der Waals surface area contributed by atoms with Gasteiger partial charge in [-0.15, -0.1) is 0 Å². The predicted molar refractivity (Wildman–Crippen MR) is 350 cm³/mol. The molecule has 0 bridgehead atoms. The van der Waals surface area contributed by atoms with Gasteiger partial charge in [0.2, 0.25) is 0 Å². The van der Waals surface area contributed by atoms with E-state index in [4.69, 9.17) is 0 Å². The molecule has 0 aliphatic carbocycles. The minimum atomic E-state index is -0.212. The molecule has 0 atom stereocenters. The summed E-state index contributed by atoms with van der Waals surface area (Å²) in [5.74, 6) is -0.325. The highest BCUT2D eigenvalue weighted by Gasteiger charge is 2.26. The van der Waals surface area contributed by atoms with Crippen LogP contribution in [0.4, 0.5) is 8.78 Å². The highest BCUT2D eigenvalue weighted by atomic mass is 19.1. The number of aryl methyl sites for hydroxylation is 5. The maximum atomic E-state index is 13.8. The molecule has 15 heteroatoms. The molecule has 0 amide bonds. The zero-order valence-corrected chi connectivity index (χ0v) is 54.6. The lowest BCUT2D eigenvalue weighted by Gasteiger charge is -2.22. The van der Waals surface area contributed by atoms with Crippen molar-refractivity contribution in [3.8, 4) is 0 Å². The number of benzene rings is 6. The molecule has 0 aliphatic heterocycles. The van der Waals surface area contributed by atoms with E-state index in [0.29, 0.717) is 5.56 Å². The van der Waals surface area contributed by atoms with Crippen molar-refractivity contribution in [2.75, 3.05) is 0 Å². The van der Waals surface area contributed by atoms with Crippen LogP contribution in [0.1, 0.15) is 186 Å². The van der Waals surface area contributed by atoms with Gasteiger partial charge in [0, 0.05) is 38.4 Å². The minimum Gasteiger partial charge on any atom is -0.345 e. The Morgan fingerprint density at radius 3 is 1.36 bits per heavy atom. The molecule has 13 nitrogen and oxygen atoms in total. The highest BCUT2D eigenvalue weighted by molar-refractivity contribution is 5.87. The van der Waals surface area contributed by atoms with Crippen molar-refractivity contribution in [3.63, 3.8) is 0 Å². The SMILES string of the molecule is CC(C)(C)c1c(F)ccc2cn[nH]c12.Cc1[nH]nc2ccc(F)c(C(C)(C)C)c12.Cc1ccc2[nH]cnc2c1C(C)(C)C.Cc1ccc2[nH]ncc2c1C(C)(C)C.Cc1ccc2cn[nH]c2c1C(C)(C)C.Cc1ccc2n[nH]nc2c1C(C)(C)C. The van der Waals surface area contributed by atoms with Crippen LogP contribution in [0.5, 0.6) is 0 Å². The van der Waals surface area contributed by atoms with Crippen molar-refractivity contribution in [2.45, 2.75) is 192 Å². The summed E-state index contributed by atoms with van der Waals surface area (Å²) in [5, 5.41) is 43.4. The molecule has 6 aromatic carbocycles. The van der Waals surface area contributed by atoms with E-state index in [1.54, 1.807) is 24.7 Å². The van der Waals surface area contributed by atoms with Crippen LogP contribution >= 0.6 is 0 Å². The van der Waals surface area contributed by atoms with Gasteiger partial charge in [0.05, 0.1) is 58.0 Å². The Morgan fingerprint density at radius 1 is 0.365 bits per heavy atom. The first-order valence-electron chi connectivity index (χ1n) is 29.3. The van der Waals surface area contributed by atoms with E-state index in [9.17, 15) is 8.78 Å². The molecule has 0 spiro atoms. The number of aromatic amines is 6. The first kappa shape index (κ1) is 64.5. The topological polar surface area (TPSA) is 185 Å². The summed E-state index contributed by atoms with van der Waals surface area (Å²) in [6.07, 6.45) is 7.27. The molecule has 0 fully saturated rings. The molecule has 0 saturated carbocycles.